The maximum Gasteiger partial charge on any atom is 0.336 e. The number of hydrogen-bond donors (Lipinski definition) is 1. The highest BCUT2D eigenvalue weighted by Gasteiger charge is 2.37. The second kappa shape index (κ2) is 5.44. The number of aromatic carboxylic acids is 1. The molecule has 0 fully saturated rings. The number of amides is 1. The zero-order valence-corrected chi connectivity index (χ0v) is 11.9. The number of carbonyl (C=O) groups excluding carboxylic acids is 1. The van der Waals surface area contributed by atoms with Crippen LogP contribution in [-0.4, -0.2) is 22.7 Å². The van der Waals surface area contributed by atoms with Gasteiger partial charge in [0.2, 0.25) is 0 Å². The van der Waals surface area contributed by atoms with Crippen LogP contribution in [0.4, 0.5) is 5.69 Å². The second-order valence-corrected chi connectivity index (χ2v) is 5.05. The minimum absolute atomic E-state index is 0.130. The Morgan fingerprint density at radius 3 is 2.41 bits per heavy atom. The van der Waals surface area contributed by atoms with Gasteiger partial charge in [0.1, 0.15) is 5.92 Å². The molecule has 1 unspecified atom stereocenters. The van der Waals surface area contributed by atoms with E-state index in [0.717, 1.165) is 0 Å². The van der Waals surface area contributed by atoms with Crippen molar-refractivity contribution in [2.24, 2.45) is 5.10 Å². The van der Waals surface area contributed by atoms with Gasteiger partial charge in [0, 0.05) is 0 Å². The van der Waals surface area contributed by atoms with Gasteiger partial charge in [-0.25, -0.2) is 4.79 Å². The summed E-state index contributed by atoms with van der Waals surface area (Å²) >= 11 is 0. The number of rotatable bonds is 3. The fraction of sp³-hybridized carbons (Fsp3) is 0.118. The number of carboxylic acid groups (broad SMARTS) is 1. The van der Waals surface area contributed by atoms with Crippen LogP contribution in [0.1, 0.15) is 28.8 Å². The van der Waals surface area contributed by atoms with Gasteiger partial charge in [0.15, 0.2) is 0 Å². The van der Waals surface area contributed by atoms with Gasteiger partial charge in [-0.3, -0.25) is 4.79 Å². The monoisotopic (exact) mass is 294 g/mol. The topological polar surface area (TPSA) is 70.0 Å². The molecule has 1 aliphatic heterocycles. The molecule has 0 saturated carbocycles. The Labute approximate surface area is 127 Å². The molecule has 5 heteroatoms. The van der Waals surface area contributed by atoms with Crippen LogP contribution < -0.4 is 5.01 Å². The van der Waals surface area contributed by atoms with Gasteiger partial charge in [-0.05, 0) is 30.7 Å². The van der Waals surface area contributed by atoms with Gasteiger partial charge in [0.05, 0.1) is 17.0 Å². The number of benzene rings is 2. The van der Waals surface area contributed by atoms with E-state index in [-0.39, 0.29) is 11.5 Å². The third-order valence-electron chi connectivity index (χ3n) is 3.63. The SMILES string of the molecule is CC1=NN(c2ccccc2)C(=O)C1c1ccccc1C(=O)O. The predicted molar refractivity (Wildman–Crippen MR) is 83.2 cm³/mol. The van der Waals surface area contributed by atoms with E-state index in [1.54, 1.807) is 37.3 Å². The lowest BCUT2D eigenvalue weighted by Gasteiger charge is -2.15. The smallest absolute Gasteiger partial charge is 0.336 e. The molecule has 0 radical (unpaired) electrons. The Morgan fingerprint density at radius 2 is 1.73 bits per heavy atom. The summed E-state index contributed by atoms with van der Waals surface area (Å²) in [6, 6.07) is 15.6. The molecule has 2 aromatic rings. The zero-order valence-electron chi connectivity index (χ0n) is 11.9. The first kappa shape index (κ1) is 14.0. The van der Waals surface area contributed by atoms with Crippen molar-refractivity contribution in [3.05, 3.63) is 65.7 Å². The van der Waals surface area contributed by atoms with Crippen LogP contribution in [0.15, 0.2) is 59.7 Å². The third kappa shape index (κ3) is 2.26. The van der Waals surface area contributed by atoms with E-state index in [1.165, 1.54) is 11.1 Å². The lowest BCUT2D eigenvalue weighted by atomic mass is 9.90. The van der Waals surface area contributed by atoms with Crippen LogP contribution >= 0.6 is 0 Å². The highest BCUT2D eigenvalue weighted by Crippen LogP contribution is 2.31. The molecular weight excluding hydrogens is 280 g/mol. The quantitative estimate of drug-likeness (QED) is 0.946. The molecule has 0 spiro atoms. The van der Waals surface area contributed by atoms with E-state index < -0.39 is 11.9 Å². The predicted octanol–water partition coefficient (Wildman–Crippen LogP) is 2.89. The number of hydrogen-bond acceptors (Lipinski definition) is 3. The van der Waals surface area contributed by atoms with Crippen molar-refractivity contribution in [1.82, 2.24) is 0 Å². The third-order valence-corrected chi connectivity index (χ3v) is 3.63. The number of anilines is 1. The lowest BCUT2D eigenvalue weighted by molar-refractivity contribution is -0.118. The molecule has 1 atom stereocenters. The Balaban J connectivity index is 2.03. The van der Waals surface area contributed by atoms with E-state index in [1.807, 2.05) is 18.2 Å². The number of hydrazone groups is 1. The zero-order chi connectivity index (χ0) is 15.7. The van der Waals surface area contributed by atoms with Crippen molar-refractivity contribution in [2.75, 3.05) is 5.01 Å². The van der Waals surface area contributed by atoms with Crippen LogP contribution in [0.3, 0.4) is 0 Å². The lowest BCUT2D eigenvalue weighted by Crippen LogP contribution is -2.26. The molecule has 1 N–H and O–H groups in total. The van der Waals surface area contributed by atoms with Gasteiger partial charge in [-0.1, -0.05) is 36.4 Å². The highest BCUT2D eigenvalue weighted by atomic mass is 16.4. The van der Waals surface area contributed by atoms with E-state index in [4.69, 9.17) is 0 Å². The minimum atomic E-state index is -1.05. The molecule has 0 aromatic heterocycles. The summed E-state index contributed by atoms with van der Waals surface area (Å²) in [5, 5.41) is 15.0. The van der Waals surface area contributed by atoms with Gasteiger partial charge in [-0.2, -0.15) is 10.1 Å². The average Bonchev–Trinajstić information content (AvgIpc) is 2.83. The Hall–Kier alpha value is -2.95. The average molecular weight is 294 g/mol. The van der Waals surface area contributed by atoms with Crippen molar-refractivity contribution >= 4 is 23.3 Å². The van der Waals surface area contributed by atoms with E-state index in [2.05, 4.69) is 5.10 Å². The first-order chi connectivity index (χ1) is 10.6. The molecule has 3 rings (SSSR count). The molecule has 0 aliphatic carbocycles. The Kier molecular flexibility index (Phi) is 3.47. The number of para-hydroxylation sites is 1. The first-order valence-corrected chi connectivity index (χ1v) is 6.86. The van der Waals surface area contributed by atoms with Crippen LogP contribution in [0, 0.1) is 0 Å². The molecule has 0 bridgehead atoms. The fourth-order valence-corrected chi connectivity index (χ4v) is 2.62. The summed E-state index contributed by atoms with van der Waals surface area (Å²) < 4.78 is 0. The molecule has 110 valence electrons. The van der Waals surface area contributed by atoms with Crippen molar-refractivity contribution < 1.29 is 14.7 Å². The first-order valence-electron chi connectivity index (χ1n) is 6.86. The standard InChI is InChI=1S/C17H14N2O3/c1-11-15(13-9-5-6-10-14(13)17(21)22)16(20)19(18-11)12-7-3-2-4-8-12/h2-10,15H,1H3,(H,21,22). The molecular formula is C17H14N2O3. The Bertz CT molecular complexity index is 768. The van der Waals surface area contributed by atoms with Gasteiger partial charge < -0.3 is 5.11 Å². The summed E-state index contributed by atoms with van der Waals surface area (Å²) in [7, 11) is 0. The number of carbonyl (C=O) groups is 2. The second-order valence-electron chi connectivity index (χ2n) is 5.05. The molecule has 1 heterocycles. The minimum Gasteiger partial charge on any atom is -0.478 e. The summed E-state index contributed by atoms with van der Waals surface area (Å²) in [6.45, 7) is 1.74. The van der Waals surface area contributed by atoms with Crippen LogP contribution in [0.5, 0.6) is 0 Å². The highest BCUT2D eigenvalue weighted by molar-refractivity contribution is 6.19. The normalized spacial score (nSPS) is 17.5. The molecule has 2 aromatic carbocycles. The maximum absolute atomic E-state index is 12.7. The maximum atomic E-state index is 12.7. The fourth-order valence-electron chi connectivity index (χ4n) is 2.62. The van der Waals surface area contributed by atoms with Gasteiger partial charge >= 0.3 is 5.97 Å². The molecule has 1 amide bonds. The summed E-state index contributed by atoms with van der Waals surface area (Å²) in [4.78, 5) is 24.1. The molecule has 5 nitrogen and oxygen atoms in total. The Morgan fingerprint density at radius 1 is 1.09 bits per heavy atom. The van der Waals surface area contributed by atoms with Crippen LogP contribution in [0.2, 0.25) is 0 Å². The van der Waals surface area contributed by atoms with E-state index in [0.29, 0.717) is 17.0 Å². The summed E-state index contributed by atoms with van der Waals surface area (Å²) in [5.41, 5.74) is 1.86. The summed E-state index contributed by atoms with van der Waals surface area (Å²) in [5.74, 6) is -1.95. The van der Waals surface area contributed by atoms with E-state index in [9.17, 15) is 14.7 Å². The van der Waals surface area contributed by atoms with Crippen molar-refractivity contribution in [3.63, 3.8) is 0 Å². The van der Waals surface area contributed by atoms with Crippen LogP contribution in [0.25, 0.3) is 0 Å². The number of carboxylic acids is 1. The van der Waals surface area contributed by atoms with Crippen molar-refractivity contribution in [1.29, 1.82) is 0 Å². The van der Waals surface area contributed by atoms with Gasteiger partial charge in [0.25, 0.3) is 5.91 Å². The summed E-state index contributed by atoms with van der Waals surface area (Å²) in [6.07, 6.45) is 0. The van der Waals surface area contributed by atoms with Crippen LogP contribution in [-0.2, 0) is 4.79 Å². The van der Waals surface area contributed by atoms with Crippen molar-refractivity contribution in [3.8, 4) is 0 Å². The largest absolute Gasteiger partial charge is 0.478 e. The van der Waals surface area contributed by atoms with E-state index >= 15 is 0 Å². The van der Waals surface area contributed by atoms with Crippen molar-refractivity contribution in [2.45, 2.75) is 12.8 Å². The molecule has 1 aliphatic rings. The molecule has 0 saturated heterocycles. The number of nitrogens with zero attached hydrogens (tertiary/aromatic N) is 2. The molecule has 22 heavy (non-hydrogen) atoms. The van der Waals surface area contributed by atoms with Gasteiger partial charge in [-0.15, -0.1) is 0 Å².